The van der Waals surface area contributed by atoms with Gasteiger partial charge in [-0.05, 0) is 54.5 Å². The van der Waals surface area contributed by atoms with Crippen LogP contribution in [-0.4, -0.2) is 12.1 Å². The third kappa shape index (κ3) is 3.98. The van der Waals surface area contributed by atoms with Crippen LogP contribution in [0.3, 0.4) is 0 Å². The van der Waals surface area contributed by atoms with E-state index in [1.54, 1.807) is 13.3 Å². The second-order valence-corrected chi connectivity index (χ2v) is 5.79. The van der Waals surface area contributed by atoms with E-state index in [4.69, 9.17) is 16.3 Å². The molecular weight excluding hydrogens is 282 g/mol. The van der Waals surface area contributed by atoms with Crippen LogP contribution in [0, 0.1) is 6.92 Å². The highest BCUT2D eigenvalue weighted by Crippen LogP contribution is 2.30. The molecule has 0 saturated heterocycles. The minimum atomic E-state index is 0.472. The summed E-state index contributed by atoms with van der Waals surface area (Å²) in [5.74, 6) is 1.37. The second-order valence-electron chi connectivity index (χ2n) is 5.38. The Bertz CT molecular complexity index is 560. The molecule has 112 valence electrons. The van der Waals surface area contributed by atoms with E-state index in [-0.39, 0.29) is 0 Å². The summed E-state index contributed by atoms with van der Waals surface area (Å²) in [7, 11) is 1.69. The van der Waals surface area contributed by atoms with Gasteiger partial charge in [0.05, 0.1) is 12.1 Å². The molecule has 0 bridgehead atoms. The van der Waals surface area contributed by atoms with Gasteiger partial charge in [-0.3, -0.25) is 4.98 Å². The molecule has 0 aliphatic carbocycles. The number of ether oxygens (including phenoxy) is 1. The number of nitrogens with zero attached hydrogens (tertiary/aromatic N) is 1. The van der Waals surface area contributed by atoms with Crippen LogP contribution in [0.4, 0.5) is 0 Å². The van der Waals surface area contributed by atoms with Crippen LogP contribution in [-0.2, 0) is 6.42 Å². The normalized spacial score (nSPS) is 12.2. The predicted octanol–water partition coefficient (Wildman–Crippen LogP) is 5.18. The standard InChI is InChI=1S/C18H22ClNO/c1-4-5-15(14-6-8-16(21-3)9-7-14)10-17-13(2)11-20-12-18(17)19/h6-9,11-12,15H,4-5,10H2,1-3H3. The van der Waals surface area contributed by atoms with Gasteiger partial charge in [0.2, 0.25) is 0 Å². The van der Waals surface area contributed by atoms with Crippen molar-refractivity contribution >= 4 is 11.6 Å². The zero-order valence-electron chi connectivity index (χ0n) is 12.9. The fraction of sp³-hybridized carbons (Fsp3) is 0.389. The lowest BCUT2D eigenvalue weighted by Gasteiger charge is -2.19. The average molecular weight is 304 g/mol. The van der Waals surface area contributed by atoms with Gasteiger partial charge in [-0.2, -0.15) is 0 Å². The molecule has 1 aromatic heterocycles. The van der Waals surface area contributed by atoms with Crippen LogP contribution >= 0.6 is 11.6 Å². The lowest BCUT2D eigenvalue weighted by Crippen LogP contribution is -2.05. The molecule has 1 heterocycles. The van der Waals surface area contributed by atoms with Crippen molar-refractivity contribution < 1.29 is 4.74 Å². The van der Waals surface area contributed by atoms with Gasteiger partial charge < -0.3 is 4.74 Å². The molecule has 0 aliphatic rings. The largest absolute Gasteiger partial charge is 0.497 e. The van der Waals surface area contributed by atoms with Crippen molar-refractivity contribution in [3.05, 3.63) is 58.4 Å². The lowest BCUT2D eigenvalue weighted by atomic mass is 9.87. The molecule has 0 amide bonds. The molecule has 3 heteroatoms. The Labute approximate surface area is 132 Å². The van der Waals surface area contributed by atoms with E-state index in [9.17, 15) is 0 Å². The van der Waals surface area contributed by atoms with Crippen LogP contribution in [0.1, 0.15) is 42.4 Å². The molecule has 0 spiro atoms. The van der Waals surface area contributed by atoms with Crippen LogP contribution < -0.4 is 4.74 Å². The summed E-state index contributed by atoms with van der Waals surface area (Å²) >= 11 is 6.33. The Hall–Kier alpha value is -1.54. The number of benzene rings is 1. The summed E-state index contributed by atoms with van der Waals surface area (Å²) in [4.78, 5) is 4.14. The van der Waals surface area contributed by atoms with Gasteiger partial charge in [-0.1, -0.05) is 37.1 Å². The first kappa shape index (κ1) is 15.8. The van der Waals surface area contributed by atoms with Gasteiger partial charge in [0.1, 0.15) is 5.75 Å². The lowest BCUT2D eigenvalue weighted by molar-refractivity contribution is 0.414. The Morgan fingerprint density at radius 3 is 2.48 bits per heavy atom. The summed E-state index contributed by atoms with van der Waals surface area (Å²) < 4.78 is 5.24. The molecule has 0 saturated carbocycles. The number of hydrogen-bond acceptors (Lipinski definition) is 2. The Kier molecular flexibility index (Phi) is 5.63. The topological polar surface area (TPSA) is 22.1 Å². The maximum Gasteiger partial charge on any atom is 0.118 e. The van der Waals surface area contributed by atoms with Crippen molar-refractivity contribution in [3.8, 4) is 5.75 Å². The summed E-state index contributed by atoms with van der Waals surface area (Å²) in [6.45, 7) is 4.29. The number of rotatable bonds is 6. The smallest absolute Gasteiger partial charge is 0.118 e. The Morgan fingerprint density at radius 1 is 1.19 bits per heavy atom. The molecule has 1 aromatic carbocycles. The molecule has 21 heavy (non-hydrogen) atoms. The van der Waals surface area contributed by atoms with Crippen molar-refractivity contribution in [2.45, 2.75) is 39.0 Å². The minimum Gasteiger partial charge on any atom is -0.497 e. The van der Waals surface area contributed by atoms with E-state index in [1.165, 1.54) is 11.1 Å². The second kappa shape index (κ2) is 7.46. The van der Waals surface area contributed by atoms with Crippen molar-refractivity contribution in [2.75, 3.05) is 7.11 Å². The highest BCUT2D eigenvalue weighted by molar-refractivity contribution is 6.31. The minimum absolute atomic E-state index is 0.472. The number of methoxy groups -OCH3 is 1. The maximum atomic E-state index is 6.33. The molecule has 0 radical (unpaired) electrons. The third-order valence-electron chi connectivity index (χ3n) is 3.90. The average Bonchev–Trinajstić information content (AvgIpc) is 2.50. The van der Waals surface area contributed by atoms with Crippen LogP contribution in [0.2, 0.25) is 5.02 Å². The number of aryl methyl sites for hydroxylation is 1. The predicted molar refractivity (Wildman–Crippen MR) is 88.3 cm³/mol. The van der Waals surface area contributed by atoms with Crippen molar-refractivity contribution in [3.63, 3.8) is 0 Å². The molecule has 2 nitrogen and oxygen atoms in total. The summed E-state index contributed by atoms with van der Waals surface area (Å²) in [5.41, 5.74) is 3.71. The Morgan fingerprint density at radius 2 is 1.90 bits per heavy atom. The first-order valence-corrected chi connectivity index (χ1v) is 7.76. The quantitative estimate of drug-likeness (QED) is 0.733. The van der Waals surface area contributed by atoms with Gasteiger partial charge in [0.15, 0.2) is 0 Å². The maximum absolute atomic E-state index is 6.33. The summed E-state index contributed by atoms with van der Waals surface area (Å²) in [5, 5.41) is 0.768. The summed E-state index contributed by atoms with van der Waals surface area (Å²) in [6, 6.07) is 8.37. The number of aromatic nitrogens is 1. The SMILES string of the molecule is CCCC(Cc1c(C)cncc1Cl)c1ccc(OC)cc1. The van der Waals surface area contributed by atoms with E-state index in [2.05, 4.69) is 31.0 Å². The van der Waals surface area contributed by atoms with Crippen molar-refractivity contribution in [1.82, 2.24) is 4.98 Å². The van der Waals surface area contributed by atoms with Gasteiger partial charge >= 0.3 is 0 Å². The van der Waals surface area contributed by atoms with E-state index in [0.717, 1.165) is 35.6 Å². The molecular formula is C18H22ClNO. The summed E-state index contributed by atoms with van der Waals surface area (Å²) in [6.07, 6.45) is 6.87. The Balaban J connectivity index is 2.26. The van der Waals surface area contributed by atoms with E-state index in [1.807, 2.05) is 18.3 Å². The molecule has 0 N–H and O–H groups in total. The molecule has 1 unspecified atom stereocenters. The van der Waals surface area contributed by atoms with Gasteiger partial charge in [0, 0.05) is 12.4 Å². The molecule has 1 atom stereocenters. The van der Waals surface area contributed by atoms with Gasteiger partial charge in [0.25, 0.3) is 0 Å². The van der Waals surface area contributed by atoms with Crippen LogP contribution in [0.5, 0.6) is 5.75 Å². The van der Waals surface area contributed by atoms with Gasteiger partial charge in [-0.15, -0.1) is 0 Å². The number of hydrogen-bond donors (Lipinski definition) is 0. The van der Waals surface area contributed by atoms with E-state index in [0.29, 0.717) is 5.92 Å². The zero-order valence-corrected chi connectivity index (χ0v) is 13.7. The van der Waals surface area contributed by atoms with Crippen molar-refractivity contribution in [1.29, 1.82) is 0 Å². The van der Waals surface area contributed by atoms with E-state index < -0.39 is 0 Å². The van der Waals surface area contributed by atoms with Crippen molar-refractivity contribution in [2.24, 2.45) is 0 Å². The molecule has 0 aliphatic heterocycles. The van der Waals surface area contributed by atoms with E-state index >= 15 is 0 Å². The number of halogens is 1. The first-order valence-electron chi connectivity index (χ1n) is 7.38. The zero-order chi connectivity index (χ0) is 15.2. The fourth-order valence-electron chi connectivity index (χ4n) is 2.67. The third-order valence-corrected chi connectivity index (χ3v) is 4.22. The van der Waals surface area contributed by atoms with Crippen LogP contribution in [0.25, 0.3) is 0 Å². The first-order chi connectivity index (χ1) is 10.2. The highest BCUT2D eigenvalue weighted by atomic mass is 35.5. The fourth-order valence-corrected chi connectivity index (χ4v) is 2.96. The molecule has 2 aromatic rings. The number of pyridine rings is 1. The van der Waals surface area contributed by atoms with Gasteiger partial charge in [-0.25, -0.2) is 0 Å². The monoisotopic (exact) mass is 303 g/mol. The molecule has 2 rings (SSSR count). The molecule has 0 fully saturated rings. The highest BCUT2D eigenvalue weighted by Gasteiger charge is 2.15. The van der Waals surface area contributed by atoms with Crippen LogP contribution in [0.15, 0.2) is 36.7 Å².